The van der Waals surface area contributed by atoms with Gasteiger partial charge in [-0.3, -0.25) is 14.7 Å². The molecular formula is C27H31FN4O3. The van der Waals surface area contributed by atoms with Crippen LogP contribution in [0.2, 0.25) is 0 Å². The molecule has 0 unspecified atom stereocenters. The Morgan fingerprint density at radius 3 is 2.66 bits per heavy atom. The molecule has 0 saturated heterocycles. The maximum Gasteiger partial charge on any atom is 0.259 e. The van der Waals surface area contributed by atoms with Crippen molar-refractivity contribution < 1.29 is 19.0 Å². The number of rotatable bonds is 7. The third-order valence-corrected chi connectivity index (χ3v) is 6.35. The lowest BCUT2D eigenvalue weighted by Gasteiger charge is -2.37. The van der Waals surface area contributed by atoms with Gasteiger partial charge in [-0.2, -0.15) is 0 Å². The summed E-state index contributed by atoms with van der Waals surface area (Å²) in [6.07, 6.45) is 3.17. The molecule has 3 aromatic rings. The van der Waals surface area contributed by atoms with Crippen molar-refractivity contribution in [2.45, 2.75) is 32.5 Å². The van der Waals surface area contributed by atoms with Crippen LogP contribution in [0.1, 0.15) is 29.9 Å². The molecule has 35 heavy (non-hydrogen) atoms. The third kappa shape index (κ3) is 5.83. The molecule has 184 valence electrons. The summed E-state index contributed by atoms with van der Waals surface area (Å²) in [5.74, 6) is -0.322. The second-order valence-electron chi connectivity index (χ2n) is 9.22. The third-order valence-electron chi connectivity index (χ3n) is 6.35. The summed E-state index contributed by atoms with van der Waals surface area (Å²) < 4.78 is 19.8. The van der Waals surface area contributed by atoms with Gasteiger partial charge in [0.2, 0.25) is 5.88 Å². The molecule has 1 aliphatic heterocycles. The molecule has 4 rings (SSSR count). The predicted molar refractivity (Wildman–Crippen MR) is 131 cm³/mol. The number of aliphatic hydroxyl groups is 1. The number of ether oxygens (including phenoxy) is 1. The highest BCUT2D eigenvalue weighted by molar-refractivity contribution is 5.98. The van der Waals surface area contributed by atoms with Crippen molar-refractivity contribution >= 4 is 5.91 Å². The van der Waals surface area contributed by atoms with Crippen molar-refractivity contribution in [3.8, 4) is 17.0 Å². The number of aliphatic hydroxyl groups excluding tert-OH is 1. The summed E-state index contributed by atoms with van der Waals surface area (Å²) in [7, 11) is 2.01. The average Bonchev–Trinajstić information content (AvgIpc) is 2.86. The van der Waals surface area contributed by atoms with E-state index in [2.05, 4.69) is 14.9 Å². The standard InChI is InChI=1S/C27H31FN4O3/c1-18-14-32(19(2)17-33)27(34)24-12-21(20-7-9-22(28)10-8-20)13-30-26(24)35-25(18)16-31(3)15-23-6-4-5-11-29-23/h4-13,18-19,25,33H,14-17H2,1-3H3/t18-,19+,25+/m0/s1. The van der Waals surface area contributed by atoms with Crippen LogP contribution in [-0.2, 0) is 6.54 Å². The first-order valence-corrected chi connectivity index (χ1v) is 11.8. The van der Waals surface area contributed by atoms with Crippen LogP contribution in [0.15, 0.2) is 60.9 Å². The summed E-state index contributed by atoms with van der Waals surface area (Å²) >= 11 is 0. The fourth-order valence-electron chi connectivity index (χ4n) is 4.26. The Labute approximate surface area is 205 Å². The van der Waals surface area contributed by atoms with Crippen molar-refractivity contribution in [2.24, 2.45) is 5.92 Å². The molecule has 1 aromatic carbocycles. The topological polar surface area (TPSA) is 78.8 Å². The van der Waals surface area contributed by atoms with Crippen molar-refractivity contribution in [3.63, 3.8) is 0 Å². The molecule has 3 atom stereocenters. The Hall–Kier alpha value is -3.36. The number of pyridine rings is 2. The number of hydrogen-bond donors (Lipinski definition) is 1. The zero-order valence-corrected chi connectivity index (χ0v) is 20.3. The monoisotopic (exact) mass is 478 g/mol. The SMILES string of the molecule is C[C@H](CO)N1C[C@H](C)[C@@H](CN(C)Cc2ccccn2)Oc2ncc(-c3ccc(F)cc3)cc2C1=O. The van der Waals surface area contributed by atoms with Crippen LogP contribution in [0.5, 0.6) is 5.88 Å². The van der Waals surface area contributed by atoms with Gasteiger partial charge < -0.3 is 14.7 Å². The molecule has 7 nitrogen and oxygen atoms in total. The normalized spacial score (nSPS) is 19.0. The number of benzene rings is 1. The zero-order chi connectivity index (χ0) is 24.9. The number of likely N-dealkylation sites (N-methyl/N-ethyl adjacent to an activating group) is 1. The fraction of sp³-hybridized carbons (Fsp3) is 0.370. The summed E-state index contributed by atoms with van der Waals surface area (Å²) in [6, 6.07) is 13.3. The lowest BCUT2D eigenvalue weighted by molar-refractivity contribution is 0.0324. The van der Waals surface area contributed by atoms with E-state index in [0.717, 1.165) is 11.3 Å². The van der Waals surface area contributed by atoms with Crippen molar-refractivity contribution in [1.29, 1.82) is 0 Å². The zero-order valence-electron chi connectivity index (χ0n) is 20.3. The molecule has 3 heterocycles. The predicted octanol–water partition coefficient (Wildman–Crippen LogP) is 3.63. The summed E-state index contributed by atoms with van der Waals surface area (Å²) in [6.45, 7) is 5.42. The number of hydrogen-bond acceptors (Lipinski definition) is 6. The van der Waals surface area contributed by atoms with Gasteiger partial charge in [0.1, 0.15) is 17.5 Å². The van der Waals surface area contributed by atoms with E-state index in [9.17, 15) is 14.3 Å². The van der Waals surface area contributed by atoms with Gasteiger partial charge in [-0.25, -0.2) is 9.37 Å². The number of aromatic nitrogens is 2. The molecule has 8 heteroatoms. The van der Waals surface area contributed by atoms with Gasteiger partial charge in [-0.05, 0) is 49.9 Å². The molecule has 1 amide bonds. The molecule has 0 radical (unpaired) electrons. The number of carbonyl (C=O) groups is 1. The first-order valence-electron chi connectivity index (χ1n) is 11.8. The molecule has 1 aliphatic rings. The Morgan fingerprint density at radius 1 is 1.20 bits per heavy atom. The smallest absolute Gasteiger partial charge is 0.259 e. The minimum Gasteiger partial charge on any atom is -0.472 e. The van der Waals surface area contributed by atoms with Crippen LogP contribution in [-0.4, -0.2) is 69.7 Å². The molecule has 0 fully saturated rings. The van der Waals surface area contributed by atoms with E-state index < -0.39 is 0 Å². The van der Waals surface area contributed by atoms with Crippen molar-refractivity contribution in [2.75, 3.05) is 26.7 Å². The van der Waals surface area contributed by atoms with E-state index in [1.807, 2.05) is 39.1 Å². The molecule has 1 N–H and O–H groups in total. The van der Waals surface area contributed by atoms with Crippen LogP contribution in [0.25, 0.3) is 11.1 Å². The average molecular weight is 479 g/mol. The first-order chi connectivity index (χ1) is 16.9. The van der Waals surface area contributed by atoms with Gasteiger partial charge >= 0.3 is 0 Å². The first kappa shape index (κ1) is 24.8. The second kappa shape index (κ2) is 10.9. The van der Waals surface area contributed by atoms with E-state index in [-0.39, 0.29) is 42.3 Å². The number of carbonyl (C=O) groups excluding carboxylic acids is 1. The van der Waals surface area contributed by atoms with E-state index in [0.29, 0.717) is 30.8 Å². The fourth-order valence-corrected chi connectivity index (χ4v) is 4.26. The maximum atomic E-state index is 13.6. The van der Waals surface area contributed by atoms with Gasteiger partial charge in [-0.1, -0.05) is 25.1 Å². The second-order valence-corrected chi connectivity index (χ2v) is 9.22. The molecular weight excluding hydrogens is 447 g/mol. The van der Waals surface area contributed by atoms with E-state index in [4.69, 9.17) is 4.74 Å². The van der Waals surface area contributed by atoms with E-state index >= 15 is 0 Å². The molecule has 0 aliphatic carbocycles. The molecule has 0 spiro atoms. The van der Waals surface area contributed by atoms with Gasteiger partial charge in [0.25, 0.3) is 5.91 Å². The highest BCUT2D eigenvalue weighted by Gasteiger charge is 2.34. The Kier molecular flexibility index (Phi) is 7.73. The Bertz CT molecular complexity index is 1140. The molecule has 0 bridgehead atoms. The van der Waals surface area contributed by atoms with Crippen LogP contribution < -0.4 is 4.74 Å². The number of fused-ring (bicyclic) bond motifs is 1. The summed E-state index contributed by atoms with van der Waals surface area (Å²) in [4.78, 5) is 26.3. The van der Waals surface area contributed by atoms with Crippen LogP contribution in [0.4, 0.5) is 4.39 Å². The van der Waals surface area contributed by atoms with Crippen molar-refractivity contribution in [3.05, 3.63) is 78.0 Å². The number of amides is 1. The molecule has 0 saturated carbocycles. The Morgan fingerprint density at radius 2 is 1.97 bits per heavy atom. The van der Waals surface area contributed by atoms with E-state index in [1.165, 1.54) is 12.1 Å². The number of nitrogens with zero attached hydrogens (tertiary/aromatic N) is 4. The van der Waals surface area contributed by atoms with Gasteiger partial charge in [0.05, 0.1) is 18.3 Å². The van der Waals surface area contributed by atoms with Crippen LogP contribution in [0, 0.1) is 11.7 Å². The number of halogens is 1. The Balaban J connectivity index is 1.65. The minimum absolute atomic E-state index is 0.00847. The van der Waals surface area contributed by atoms with Crippen LogP contribution >= 0.6 is 0 Å². The summed E-state index contributed by atoms with van der Waals surface area (Å²) in [5.41, 5.74) is 2.73. The highest BCUT2D eigenvalue weighted by atomic mass is 19.1. The van der Waals surface area contributed by atoms with Gasteiger partial charge in [0, 0.05) is 43.5 Å². The summed E-state index contributed by atoms with van der Waals surface area (Å²) in [5, 5.41) is 9.84. The maximum absolute atomic E-state index is 13.6. The van der Waals surface area contributed by atoms with Gasteiger partial charge in [0.15, 0.2) is 0 Å². The molecule has 2 aromatic heterocycles. The van der Waals surface area contributed by atoms with Crippen molar-refractivity contribution in [1.82, 2.24) is 19.8 Å². The van der Waals surface area contributed by atoms with Crippen LogP contribution in [0.3, 0.4) is 0 Å². The lowest BCUT2D eigenvalue weighted by atomic mass is 9.99. The largest absolute Gasteiger partial charge is 0.472 e. The quantitative estimate of drug-likeness (QED) is 0.559. The highest BCUT2D eigenvalue weighted by Crippen LogP contribution is 2.30. The minimum atomic E-state index is -0.364. The lowest BCUT2D eigenvalue weighted by Crippen LogP contribution is -2.49. The van der Waals surface area contributed by atoms with E-state index in [1.54, 1.807) is 35.5 Å². The van der Waals surface area contributed by atoms with Gasteiger partial charge in [-0.15, -0.1) is 0 Å².